The molecular weight excluding hydrogens is 991 g/mol. The minimum atomic E-state index is -1.59. The molecule has 0 N–H and O–H groups in total. The van der Waals surface area contributed by atoms with E-state index in [1.165, 1.54) is 10.9 Å². The number of hydrogen-bond acceptors (Lipinski definition) is 4. The monoisotopic (exact) mass is 1020 g/mol. The van der Waals surface area contributed by atoms with Crippen LogP contribution < -0.4 is 0 Å². The fourth-order valence-electron chi connectivity index (χ4n) is 3.63. The van der Waals surface area contributed by atoms with Crippen LogP contribution in [0.15, 0.2) is 52.1 Å². The zero-order valence-electron chi connectivity index (χ0n) is 24.8. The molecule has 0 saturated carbocycles. The summed E-state index contributed by atoms with van der Waals surface area (Å²) in [6, 6.07) is 8.39. The normalized spacial score (nSPS) is 12.9. The molecule has 0 fully saturated rings. The first-order chi connectivity index (χ1) is 19.0. The second-order valence-corrected chi connectivity index (χ2v) is 28.9. The van der Waals surface area contributed by atoms with Gasteiger partial charge in [-0.3, -0.25) is 0 Å². The Kier molecular flexibility index (Phi) is 19.7. The van der Waals surface area contributed by atoms with Gasteiger partial charge in [0.1, 0.15) is 0 Å². The van der Waals surface area contributed by atoms with Crippen LogP contribution in [0.25, 0.3) is 0 Å². The first-order valence-electron chi connectivity index (χ1n) is 13.1. The average molecular weight is 1030 g/mol. The van der Waals surface area contributed by atoms with E-state index in [0.717, 1.165) is 90.7 Å². The van der Waals surface area contributed by atoms with Crippen molar-refractivity contribution in [3.63, 3.8) is 0 Å². The van der Waals surface area contributed by atoms with Crippen LogP contribution in [-0.2, 0) is 19.7 Å². The average Bonchev–Trinajstić information content (AvgIpc) is 2.80. The van der Waals surface area contributed by atoms with Crippen LogP contribution in [-0.4, -0.2) is 41.3 Å². The third kappa shape index (κ3) is 17.1. The Labute approximate surface area is 303 Å². The van der Waals surface area contributed by atoms with Crippen LogP contribution in [0, 0.1) is 13.8 Å². The van der Waals surface area contributed by atoms with Crippen LogP contribution in [0.3, 0.4) is 0 Å². The van der Waals surface area contributed by atoms with Crippen molar-refractivity contribution in [2.45, 2.75) is 78.8 Å². The van der Waals surface area contributed by atoms with Crippen molar-refractivity contribution in [2.75, 3.05) is 13.2 Å². The van der Waals surface area contributed by atoms with Crippen molar-refractivity contribution >= 4 is 132 Å². The Morgan fingerprint density at radius 3 is 1.15 bits per heavy atom. The first-order valence-corrected chi connectivity index (χ1v) is 28.0. The molecule has 2 aromatic carbocycles. The summed E-state index contributed by atoms with van der Waals surface area (Å²) in [5.41, 5.74) is 6.04. The standard InChI is InChI=1S/C28H40Br4N2O2Si2.2BrH.Ni/c1-19-15-21(29)27(22(30)16-19)33-25(11-9-13-35-37(3,4)5)26(12-10-14-36-38(6,7)8)34-28-23(31)17-20(2)18-24(28)32;;;/h15-18H,9-14H2,1-8H3;2*1H;/q;;;+2/p-2. The molecule has 0 heterocycles. The molecule has 0 radical (unpaired) electrons. The van der Waals surface area contributed by atoms with Crippen molar-refractivity contribution in [1.29, 1.82) is 0 Å². The summed E-state index contributed by atoms with van der Waals surface area (Å²) in [5, 5.41) is 0. The van der Waals surface area contributed by atoms with E-state index >= 15 is 0 Å². The number of benzene rings is 2. The van der Waals surface area contributed by atoms with E-state index in [9.17, 15) is 0 Å². The summed E-state index contributed by atoms with van der Waals surface area (Å²) in [4.78, 5) is 10.4. The molecule has 0 amide bonds. The van der Waals surface area contributed by atoms with Crippen molar-refractivity contribution in [3.05, 3.63) is 53.3 Å². The fraction of sp³-hybridized carbons (Fsp3) is 0.500. The third-order valence-corrected chi connectivity index (χ3v) is 9.89. The zero-order valence-corrected chi connectivity index (χ0v) is 37.4. The van der Waals surface area contributed by atoms with Gasteiger partial charge in [-0.25, -0.2) is 9.98 Å². The van der Waals surface area contributed by atoms with Gasteiger partial charge in [-0.2, -0.15) is 0 Å². The van der Waals surface area contributed by atoms with E-state index in [4.69, 9.17) is 18.8 Å². The summed E-state index contributed by atoms with van der Waals surface area (Å²) in [5.74, 6) is 0. The molecule has 234 valence electrons. The molecule has 0 atom stereocenters. The van der Waals surface area contributed by atoms with Gasteiger partial charge in [-0.1, -0.05) is 0 Å². The second kappa shape index (κ2) is 19.9. The molecule has 0 unspecified atom stereocenters. The Bertz CT molecular complexity index is 1060. The van der Waals surface area contributed by atoms with Gasteiger partial charge in [0.05, 0.1) is 22.8 Å². The molecule has 4 nitrogen and oxygen atoms in total. The number of nitrogens with zero attached hydrogens (tertiary/aromatic N) is 2. The maximum absolute atomic E-state index is 6.17. The molecular formula is C28H40Br6N2NiO2Si2. The van der Waals surface area contributed by atoms with Gasteiger partial charge in [0, 0.05) is 31.1 Å². The summed E-state index contributed by atoms with van der Waals surface area (Å²) in [6.07, 6.45) is 3.30. The van der Waals surface area contributed by atoms with Crippen LogP contribution in [0.1, 0.15) is 36.8 Å². The van der Waals surface area contributed by atoms with Crippen molar-refractivity contribution in [1.82, 2.24) is 0 Å². The van der Waals surface area contributed by atoms with Gasteiger partial charge in [0.2, 0.25) is 0 Å². The van der Waals surface area contributed by atoms with E-state index in [1.54, 1.807) is 0 Å². The van der Waals surface area contributed by atoms with Gasteiger partial charge in [0.25, 0.3) is 0 Å². The maximum atomic E-state index is 6.17. The number of aryl methyl sites for hydroxylation is 2. The molecule has 2 aromatic rings. The molecule has 0 spiro atoms. The number of aliphatic imine (C=N–C) groups is 2. The molecule has 0 aromatic heterocycles. The second-order valence-electron chi connectivity index (χ2n) is 11.4. The van der Waals surface area contributed by atoms with Crippen LogP contribution >= 0.6 is 92.2 Å². The fourth-order valence-corrected chi connectivity index (χ4v) is 8.33. The summed E-state index contributed by atoms with van der Waals surface area (Å²) >= 11 is 21.0. The molecule has 41 heavy (non-hydrogen) atoms. The van der Waals surface area contributed by atoms with Crippen molar-refractivity contribution < 1.29 is 19.7 Å². The van der Waals surface area contributed by atoms with Gasteiger partial charge in [-0.05, 0) is 178 Å². The van der Waals surface area contributed by atoms with Gasteiger partial charge in [0.15, 0.2) is 16.6 Å². The quantitative estimate of drug-likeness (QED) is 0.114. The molecule has 0 aliphatic rings. The van der Waals surface area contributed by atoms with Gasteiger partial charge in [-0.15, -0.1) is 0 Å². The van der Waals surface area contributed by atoms with E-state index in [-0.39, 0.29) is 0 Å². The van der Waals surface area contributed by atoms with Gasteiger partial charge < -0.3 is 8.85 Å². The summed E-state index contributed by atoms with van der Waals surface area (Å²) < 4.78 is 16.2. The minimum absolute atomic E-state index is 0.717. The van der Waals surface area contributed by atoms with Crippen LogP contribution in [0.2, 0.25) is 39.3 Å². The summed E-state index contributed by atoms with van der Waals surface area (Å²) in [6.45, 7) is 18.9. The Morgan fingerprint density at radius 2 is 0.902 bits per heavy atom. The van der Waals surface area contributed by atoms with E-state index < -0.39 is 16.6 Å². The Hall–Kier alpha value is 1.51. The van der Waals surface area contributed by atoms with E-state index in [1.807, 2.05) is 0 Å². The predicted octanol–water partition coefficient (Wildman–Crippen LogP) is 13.2. The third-order valence-electron chi connectivity index (χ3n) is 5.34. The predicted molar refractivity (Wildman–Crippen MR) is 202 cm³/mol. The number of hydrogen-bond donors (Lipinski definition) is 0. The van der Waals surface area contributed by atoms with Crippen LogP contribution in [0.5, 0.6) is 0 Å². The summed E-state index contributed by atoms with van der Waals surface area (Å²) in [7, 11) is -1.93. The Balaban J connectivity index is 0.00000268. The van der Waals surface area contributed by atoms with Crippen molar-refractivity contribution in [3.8, 4) is 0 Å². The SMILES string of the molecule is Cc1cc(Br)c(N=C(CCCO[Si](C)(C)C)C(CCCO[Si](C)(C)C)=Nc2c(Br)cc(C)cc2Br)c(Br)c1.[Br][Ni][Br]. The molecule has 0 aliphatic heterocycles. The van der Waals surface area contributed by atoms with Crippen LogP contribution in [0.4, 0.5) is 11.4 Å². The Morgan fingerprint density at radius 1 is 0.634 bits per heavy atom. The molecule has 13 heteroatoms. The molecule has 0 bridgehead atoms. The zero-order chi connectivity index (χ0) is 31.4. The van der Waals surface area contributed by atoms with E-state index in [0.29, 0.717) is 0 Å². The molecule has 2 rings (SSSR count). The van der Waals surface area contributed by atoms with Crippen molar-refractivity contribution in [2.24, 2.45) is 9.98 Å². The first kappa shape index (κ1) is 40.5. The van der Waals surface area contributed by atoms with E-state index in [2.05, 4.69) is 170 Å². The number of rotatable bonds is 13. The van der Waals surface area contributed by atoms with Gasteiger partial charge >= 0.3 is 39.3 Å². The topological polar surface area (TPSA) is 43.2 Å². The number of halogens is 6. The molecule has 0 saturated heterocycles. The molecule has 0 aliphatic carbocycles.